The molecule has 3 rings (SSSR count). The average Bonchev–Trinajstić information content (AvgIpc) is 3.26. The number of carbonyl (C=O) groups excluding carboxylic acids is 1. The van der Waals surface area contributed by atoms with Crippen LogP contribution in [0, 0.1) is 0 Å². The highest BCUT2D eigenvalue weighted by Gasteiger charge is 2.36. The summed E-state index contributed by atoms with van der Waals surface area (Å²) in [7, 11) is 0. The first-order valence-corrected chi connectivity index (χ1v) is 11.2. The molecule has 0 spiro atoms. The molecule has 190 valence electrons. The molecule has 36 heavy (non-hydrogen) atoms. The molecule has 0 aliphatic carbocycles. The van der Waals surface area contributed by atoms with E-state index in [1.807, 2.05) is 0 Å². The lowest BCUT2D eigenvalue weighted by Crippen LogP contribution is -2.09. The van der Waals surface area contributed by atoms with E-state index >= 15 is 4.39 Å². The molecule has 0 radical (unpaired) electrons. The Kier molecular flexibility index (Phi) is 8.40. The van der Waals surface area contributed by atoms with E-state index in [9.17, 15) is 18.0 Å². The zero-order valence-corrected chi connectivity index (χ0v) is 20.2. The van der Waals surface area contributed by atoms with E-state index in [4.69, 9.17) is 13.9 Å². The molecular weight excluding hydrogens is 476 g/mol. The largest absolute Gasteiger partial charge is 0.489 e. The van der Waals surface area contributed by atoms with Gasteiger partial charge in [0.15, 0.2) is 0 Å². The van der Waals surface area contributed by atoms with Gasteiger partial charge in [0.1, 0.15) is 23.8 Å². The molecule has 0 aliphatic heterocycles. The minimum atomic E-state index is -4.71. The molecule has 0 aliphatic rings. The maximum atomic E-state index is 15.1. The van der Waals surface area contributed by atoms with Crippen molar-refractivity contribution in [2.24, 2.45) is 0 Å². The second-order valence-corrected chi connectivity index (χ2v) is 8.18. The van der Waals surface area contributed by atoms with Crippen LogP contribution >= 0.6 is 0 Å². The number of alkyl halides is 3. The van der Waals surface area contributed by atoms with Crippen LogP contribution in [-0.2, 0) is 28.7 Å². The number of hydrogen-bond donors (Lipinski definition) is 0. The van der Waals surface area contributed by atoms with E-state index < -0.39 is 23.7 Å². The second kappa shape index (κ2) is 11.3. The van der Waals surface area contributed by atoms with Gasteiger partial charge in [-0.05, 0) is 56.2 Å². The summed E-state index contributed by atoms with van der Waals surface area (Å²) in [5.74, 6) is -1.77. The molecule has 8 heteroatoms. The predicted octanol–water partition coefficient (Wildman–Crippen LogP) is 7.97. The summed E-state index contributed by atoms with van der Waals surface area (Å²) in [6.45, 7) is 8.62. The molecule has 3 aromatic rings. The number of rotatable bonds is 9. The van der Waals surface area contributed by atoms with Crippen molar-refractivity contribution >= 4 is 22.5 Å². The van der Waals surface area contributed by atoms with Gasteiger partial charge in [0, 0.05) is 22.1 Å². The molecule has 0 bridgehead atoms. The number of benzene rings is 2. The topological polar surface area (TPSA) is 48.7 Å². The number of esters is 1. The number of furan rings is 1. The lowest BCUT2D eigenvalue weighted by molar-refractivity contribution is -0.152. The molecule has 0 saturated carbocycles. The number of halogens is 4. The molecule has 1 aromatic heterocycles. The average molecular weight is 503 g/mol. The molecule has 0 amide bonds. The third-order valence-electron chi connectivity index (χ3n) is 5.21. The monoisotopic (exact) mass is 502 g/mol. The highest BCUT2D eigenvalue weighted by Crippen LogP contribution is 2.39. The van der Waals surface area contributed by atoms with Crippen molar-refractivity contribution in [1.82, 2.24) is 0 Å². The normalized spacial score (nSPS) is 11.9. The molecule has 4 nitrogen and oxygen atoms in total. The summed E-state index contributed by atoms with van der Waals surface area (Å²) in [5, 5.41) is 0.148. The van der Waals surface area contributed by atoms with Gasteiger partial charge in [-0.2, -0.15) is 13.2 Å². The van der Waals surface area contributed by atoms with Crippen LogP contribution in [0.3, 0.4) is 0 Å². The van der Waals surface area contributed by atoms with Crippen molar-refractivity contribution in [3.8, 4) is 5.75 Å². The quantitative estimate of drug-likeness (QED) is 0.169. The van der Waals surface area contributed by atoms with Crippen LogP contribution in [0.2, 0.25) is 0 Å². The number of ether oxygens (including phenoxy) is 2. The Hall–Kier alpha value is -3.81. The maximum Gasteiger partial charge on any atom is 0.449 e. The van der Waals surface area contributed by atoms with Crippen LogP contribution in [-0.4, -0.2) is 12.6 Å². The molecule has 0 atom stereocenters. The summed E-state index contributed by atoms with van der Waals surface area (Å²) in [4.78, 5) is 11.9. The molecule has 0 fully saturated rings. The van der Waals surface area contributed by atoms with Crippen molar-refractivity contribution in [2.75, 3.05) is 6.61 Å². The summed E-state index contributed by atoms with van der Waals surface area (Å²) in [5.41, 5.74) is 1.51. The van der Waals surface area contributed by atoms with Gasteiger partial charge in [0.2, 0.25) is 5.76 Å². The first-order chi connectivity index (χ1) is 17.0. The third-order valence-corrected chi connectivity index (χ3v) is 5.21. The van der Waals surface area contributed by atoms with Crippen LogP contribution in [0.25, 0.3) is 16.5 Å². The lowest BCUT2D eigenvalue weighted by atomic mass is 9.97. The summed E-state index contributed by atoms with van der Waals surface area (Å²) >= 11 is 0. The Labute approximate surface area is 206 Å². The minimum absolute atomic E-state index is 0.00295. The SMILES string of the molecule is C=C/C=C(\C(F)=C(C)C)c1cc(COc2ccccc2CC(=O)OCC)cc2cc(C(F)(F)F)oc12. The van der Waals surface area contributed by atoms with Crippen molar-refractivity contribution < 1.29 is 36.2 Å². The predicted molar refractivity (Wildman–Crippen MR) is 130 cm³/mol. The molecular formula is C28H26F4O4. The summed E-state index contributed by atoms with van der Waals surface area (Å²) in [6.07, 6.45) is -1.97. The van der Waals surface area contributed by atoms with Crippen LogP contribution in [0.15, 0.2) is 77.0 Å². The Morgan fingerprint density at radius 1 is 1.14 bits per heavy atom. The van der Waals surface area contributed by atoms with Crippen molar-refractivity contribution in [2.45, 2.75) is 40.0 Å². The fourth-order valence-electron chi connectivity index (χ4n) is 3.63. The van der Waals surface area contributed by atoms with Crippen LogP contribution in [0.5, 0.6) is 5.75 Å². The molecule has 2 aromatic carbocycles. The van der Waals surface area contributed by atoms with Crippen LogP contribution < -0.4 is 4.74 Å². The molecule has 0 N–H and O–H groups in total. The first-order valence-electron chi connectivity index (χ1n) is 11.2. The van der Waals surface area contributed by atoms with Crippen molar-refractivity contribution in [1.29, 1.82) is 0 Å². The van der Waals surface area contributed by atoms with Crippen molar-refractivity contribution in [3.05, 3.63) is 95.0 Å². The van der Waals surface area contributed by atoms with Gasteiger partial charge in [0.25, 0.3) is 0 Å². The van der Waals surface area contributed by atoms with Gasteiger partial charge in [-0.1, -0.05) is 36.9 Å². The van der Waals surface area contributed by atoms with Crippen LogP contribution in [0.1, 0.15) is 43.2 Å². The van der Waals surface area contributed by atoms with Gasteiger partial charge in [0.05, 0.1) is 13.0 Å². The van der Waals surface area contributed by atoms with E-state index in [-0.39, 0.29) is 41.7 Å². The van der Waals surface area contributed by atoms with Gasteiger partial charge < -0.3 is 13.9 Å². The first kappa shape index (κ1) is 26.8. The number of fused-ring (bicyclic) bond motifs is 1. The smallest absolute Gasteiger partial charge is 0.449 e. The lowest BCUT2D eigenvalue weighted by Gasteiger charge is -2.13. The van der Waals surface area contributed by atoms with Gasteiger partial charge >= 0.3 is 12.1 Å². The summed E-state index contributed by atoms with van der Waals surface area (Å²) < 4.78 is 71.3. The Bertz CT molecular complexity index is 1330. The fourth-order valence-corrected chi connectivity index (χ4v) is 3.63. The van der Waals surface area contributed by atoms with E-state index in [1.165, 1.54) is 24.3 Å². The number of allylic oxidation sites excluding steroid dienone is 5. The van der Waals surface area contributed by atoms with Gasteiger partial charge in [-0.15, -0.1) is 0 Å². The molecule has 0 saturated heterocycles. The number of carbonyl (C=O) groups is 1. The highest BCUT2D eigenvalue weighted by atomic mass is 19.4. The van der Waals surface area contributed by atoms with E-state index in [0.29, 0.717) is 22.4 Å². The number of para-hydroxylation sites is 1. The Morgan fingerprint density at radius 2 is 1.86 bits per heavy atom. The van der Waals surface area contributed by atoms with Crippen molar-refractivity contribution in [3.63, 3.8) is 0 Å². The van der Waals surface area contributed by atoms with Gasteiger partial charge in [-0.25, -0.2) is 4.39 Å². The molecule has 0 unspecified atom stereocenters. The fraction of sp³-hybridized carbons (Fsp3) is 0.250. The van der Waals surface area contributed by atoms with E-state index in [2.05, 4.69) is 6.58 Å². The minimum Gasteiger partial charge on any atom is -0.489 e. The van der Waals surface area contributed by atoms with E-state index in [1.54, 1.807) is 45.0 Å². The zero-order valence-electron chi connectivity index (χ0n) is 20.2. The maximum absolute atomic E-state index is 15.1. The van der Waals surface area contributed by atoms with Crippen LogP contribution in [0.4, 0.5) is 17.6 Å². The van der Waals surface area contributed by atoms with Gasteiger partial charge in [-0.3, -0.25) is 4.79 Å². The standard InChI is InChI=1S/C28H26F4O4/c1-5-9-21(26(29)17(3)4)22-13-18(12-20-14-24(28(30,31)32)36-27(20)22)16-35-23-11-8-7-10-19(23)15-25(33)34-6-2/h5,7-14H,1,6,15-16H2,2-4H3/b21-9-. The highest BCUT2D eigenvalue weighted by molar-refractivity contribution is 5.95. The Balaban J connectivity index is 2.06. The zero-order chi connectivity index (χ0) is 26.5. The Morgan fingerprint density at radius 3 is 2.50 bits per heavy atom. The third kappa shape index (κ3) is 6.24. The number of hydrogen-bond acceptors (Lipinski definition) is 4. The molecule has 1 heterocycles. The summed E-state index contributed by atoms with van der Waals surface area (Å²) in [6, 6.07) is 10.8. The van der Waals surface area contributed by atoms with E-state index in [0.717, 1.165) is 6.07 Å². The second-order valence-electron chi connectivity index (χ2n) is 8.18.